The van der Waals surface area contributed by atoms with Gasteiger partial charge < -0.3 is 14.8 Å². The summed E-state index contributed by atoms with van der Waals surface area (Å²) in [5.41, 5.74) is -0.351. The Morgan fingerprint density at radius 2 is 2.21 bits per heavy atom. The van der Waals surface area contributed by atoms with E-state index in [2.05, 4.69) is 5.32 Å². The van der Waals surface area contributed by atoms with E-state index < -0.39 is 10.8 Å². The number of carbonyl (C=O) groups excluding carboxylic acids is 2. The van der Waals surface area contributed by atoms with Gasteiger partial charge in [0.2, 0.25) is 5.91 Å². The van der Waals surface area contributed by atoms with E-state index in [0.29, 0.717) is 15.0 Å². The maximum absolute atomic E-state index is 12.4. The zero-order valence-corrected chi connectivity index (χ0v) is 15.8. The molecule has 0 saturated carbocycles. The Balaban J connectivity index is 1.62. The number of hydrogen-bond donors (Lipinski definition) is 2. The minimum absolute atomic E-state index is 0.0294. The van der Waals surface area contributed by atoms with Crippen molar-refractivity contribution in [3.8, 4) is 5.75 Å². The lowest BCUT2D eigenvalue weighted by molar-refractivity contribution is -0.384. The Hall–Kier alpha value is -3.18. The summed E-state index contributed by atoms with van der Waals surface area (Å²) in [4.78, 5) is 36.4. The van der Waals surface area contributed by atoms with Gasteiger partial charge in [0.05, 0.1) is 21.8 Å². The molecule has 2 amide bonds. The zero-order valence-electron chi connectivity index (χ0n) is 14.2. The van der Waals surface area contributed by atoms with Crippen molar-refractivity contribution in [1.82, 2.24) is 4.90 Å². The molecule has 0 bridgehead atoms. The predicted octanol–water partition coefficient (Wildman–Crippen LogP) is 3.12. The summed E-state index contributed by atoms with van der Waals surface area (Å²) in [7, 11) is 0. The molecule has 0 spiro atoms. The number of carbonyl (C=O) groups is 2. The van der Waals surface area contributed by atoms with E-state index in [9.17, 15) is 24.8 Å². The van der Waals surface area contributed by atoms with Crippen molar-refractivity contribution < 1.29 is 24.0 Å². The summed E-state index contributed by atoms with van der Waals surface area (Å²) in [6, 6.07) is 6.69. The summed E-state index contributed by atoms with van der Waals surface area (Å²) >= 11 is 6.29. The van der Waals surface area contributed by atoms with Gasteiger partial charge >= 0.3 is 0 Å². The van der Waals surface area contributed by atoms with Crippen LogP contribution in [0.1, 0.15) is 12.2 Å². The number of benzene rings is 1. The highest BCUT2D eigenvalue weighted by atomic mass is 32.2. The van der Waals surface area contributed by atoms with Gasteiger partial charge in [-0.25, -0.2) is 0 Å². The number of furan rings is 1. The van der Waals surface area contributed by atoms with Crippen LogP contribution in [0.15, 0.2) is 45.9 Å². The van der Waals surface area contributed by atoms with E-state index in [1.165, 1.54) is 11.2 Å². The number of nitro benzene ring substituents is 1. The van der Waals surface area contributed by atoms with Crippen LogP contribution in [-0.4, -0.2) is 37.6 Å². The number of phenolic OH excluding ortho intramolecular Hbond substituents is 1. The van der Waals surface area contributed by atoms with Crippen molar-refractivity contribution in [2.75, 3.05) is 11.9 Å². The quantitative estimate of drug-likeness (QED) is 0.240. The first kappa shape index (κ1) is 19.6. The zero-order chi connectivity index (χ0) is 20.3. The molecular formula is C17H13N3O6S2. The molecule has 1 aromatic carbocycles. The summed E-state index contributed by atoms with van der Waals surface area (Å²) in [5, 5.41) is 22.9. The van der Waals surface area contributed by atoms with Gasteiger partial charge in [-0.2, -0.15) is 0 Å². The van der Waals surface area contributed by atoms with Crippen LogP contribution >= 0.6 is 24.0 Å². The van der Waals surface area contributed by atoms with Gasteiger partial charge in [-0.3, -0.25) is 24.6 Å². The summed E-state index contributed by atoms with van der Waals surface area (Å²) in [6.07, 6.45) is 2.95. The number of nitrogens with zero attached hydrogens (tertiary/aromatic N) is 2. The fourth-order valence-electron chi connectivity index (χ4n) is 2.36. The number of hydrogen-bond acceptors (Lipinski definition) is 8. The molecule has 0 radical (unpaired) electrons. The highest BCUT2D eigenvalue weighted by molar-refractivity contribution is 8.26. The molecule has 11 heteroatoms. The molecule has 0 unspecified atom stereocenters. The number of amides is 2. The molecule has 1 aromatic heterocycles. The van der Waals surface area contributed by atoms with Crippen molar-refractivity contribution in [2.24, 2.45) is 0 Å². The Morgan fingerprint density at radius 3 is 2.89 bits per heavy atom. The van der Waals surface area contributed by atoms with Gasteiger partial charge in [0, 0.05) is 31.2 Å². The van der Waals surface area contributed by atoms with Crippen LogP contribution in [-0.2, 0) is 9.59 Å². The number of thiocarbonyl (C=S) groups is 1. The number of phenols is 1. The number of nitro groups is 1. The fraction of sp³-hybridized carbons (Fsp3) is 0.118. The molecule has 1 saturated heterocycles. The maximum atomic E-state index is 12.4. The topological polar surface area (TPSA) is 126 Å². The number of anilines is 1. The molecule has 1 aliphatic rings. The van der Waals surface area contributed by atoms with Crippen molar-refractivity contribution in [1.29, 1.82) is 0 Å². The molecule has 1 aliphatic heterocycles. The summed E-state index contributed by atoms with van der Waals surface area (Å²) < 4.78 is 5.49. The molecule has 9 nitrogen and oxygen atoms in total. The van der Waals surface area contributed by atoms with Crippen molar-refractivity contribution in [3.63, 3.8) is 0 Å². The van der Waals surface area contributed by atoms with Gasteiger partial charge in [-0.1, -0.05) is 24.0 Å². The molecule has 2 aromatic rings. The second-order valence-corrected chi connectivity index (χ2v) is 7.28. The minimum Gasteiger partial charge on any atom is -0.506 e. The average Bonchev–Trinajstić information content (AvgIpc) is 3.24. The Morgan fingerprint density at radius 1 is 1.43 bits per heavy atom. The second kappa shape index (κ2) is 8.23. The van der Waals surface area contributed by atoms with Crippen molar-refractivity contribution in [3.05, 3.63) is 57.4 Å². The van der Waals surface area contributed by atoms with E-state index >= 15 is 0 Å². The summed E-state index contributed by atoms with van der Waals surface area (Å²) in [6.45, 7) is 0.0294. The molecular weight excluding hydrogens is 406 g/mol. The highest BCUT2D eigenvalue weighted by Gasteiger charge is 2.32. The lowest BCUT2D eigenvalue weighted by atomic mass is 10.2. The Kier molecular flexibility index (Phi) is 5.76. The van der Waals surface area contributed by atoms with Crippen LogP contribution < -0.4 is 5.32 Å². The van der Waals surface area contributed by atoms with Gasteiger partial charge in [0.15, 0.2) is 0 Å². The number of non-ortho nitro benzene ring substituents is 1. The summed E-state index contributed by atoms with van der Waals surface area (Å²) in [5.74, 6) is -0.650. The lowest BCUT2D eigenvalue weighted by Crippen LogP contribution is -2.31. The first-order valence-corrected chi connectivity index (χ1v) is 9.14. The van der Waals surface area contributed by atoms with Gasteiger partial charge in [0.1, 0.15) is 15.8 Å². The highest BCUT2D eigenvalue weighted by Crippen LogP contribution is 2.33. The third-order valence-electron chi connectivity index (χ3n) is 3.72. The SMILES string of the molecule is O=C(CCN1C(=O)/C(=C\c2ccco2)SC1=S)Nc1cc([N+](=O)[O-])ccc1O. The number of rotatable bonds is 6. The molecule has 144 valence electrons. The van der Waals surface area contributed by atoms with E-state index in [-0.39, 0.29) is 36.0 Å². The molecule has 28 heavy (non-hydrogen) atoms. The number of nitrogens with one attached hydrogen (secondary N) is 1. The third-order valence-corrected chi connectivity index (χ3v) is 5.10. The van der Waals surface area contributed by atoms with Crippen LogP contribution in [0.3, 0.4) is 0 Å². The fourth-order valence-corrected chi connectivity index (χ4v) is 3.65. The maximum Gasteiger partial charge on any atom is 0.271 e. The van der Waals surface area contributed by atoms with Gasteiger partial charge in [0.25, 0.3) is 11.6 Å². The molecule has 0 atom stereocenters. The van der Waals surface area contributed by atoms with E-state index in [1.807, 2.05) is 0 Å². The standard InChI is InChI=1S/C17H13N3O6S2/c21-13-4-3-10(20(24)25)8-12(13)18-15(22)5-6-19-16(23)14(28-17(19)27)9-11-2-1-7-26-11/h1-4,7-9,21H,5-6H2,(H,18,22)/b14-9+. The lowest BCUT2D eigenvalue weighted by Gasteiger charge is -2.14. The van der Waals surface area contributed by atoms with Crippen LogP contribution in [0.25, 0.3) is 6.08 Å². The Labute approximate surface area is 168 Å². The predicted molar refractivity (Wildman–Crippen MR) is 107 cm³/mol. The van der Waals surface area contributed by atoms with E-state index in [1.54, 1.807) is 18.2 Å². The van der Waals surface area contributed by atoms with Crippen LogP contribution in [0, 0.1) is 10.1 Å². The van der Waals surface area contributed by atoms with E-state index in [0.717, 1.165) is 30.0 Å². The number of aromatic hydroxyl groups is 1. The minimum atomic E-state index is -0.638. The molecule has 2 heterocycles. The van der Waals surface area contributed by atoms with Crippen LogP contribution in [0.2, 0.25) is 0 Å². The van der Waals surface area contributed by atoms with Crippen molar-refractivity contribution >= 4 is 57.6 Å². The molecule has 1 fully saturated rings. The third kappa shape index (κ3) is 4.38. The molecule has 3 rings (SSSR count). The Bertz CT molecular complexity index is 987. The monoisotopic (exact) mass is 419 g/mol. The smallest absolute Gasteiger partial charge is 0.271 e. The normalized spacial score (nSPS) is 15.3. The molecule has 0 aliphatic carbocycles. The van der Waals surface area contributed by atoms with Gasteiger partial charge in [-0.05, 0) is 18.2 Å². The second-order valence-electron chi connectivity index (χ2n) is 5.61. The first-order chi connectivity index (χ1) is 13.3. The van der Waals surface area contributed by atoms with Crippen LogP contribution in [0.4, 0.5) is 11.4 Å². The van der Waals surface area contributed by atoms with Gasteiger partial charge in [-0.15, -0.1) is 0 Å². The van der Waals surface area contributed by atoms with Crippen LogP contribution in [0.5, 0.6) is 5.75 Å². The van der Waals surface area contributed by atoms with Crippen molar-refractivity contribution in [2.45, 2.75) is 6.42 Å². The molecule has 2 N–H and O–H groups in total. The van der Waals surface area contributed by atoms with E-state index in [4.69, 9.17) is 16.6 Å². The number of thioether (sulfide) groups is 1. The average molecular weight is 419 g/mol. The largest absolute Gasteiger partial charge is 0.506 e. The first-order valence-electron chi connectivity index (χ1n) is 7.91.